The standard InChI is InChI=1S/C9H21NO/c1-4-7-10(11)8-5-6-9(2)3/h9,11H,4-8H2,1-3H3. The van der Waals surface area contributed by atoms with Gasteiger partial charge in [0.05, 0.1) is 0 Å². The van der Waals surface area contributed by atoms with E-state index in [1.54, 1.807) is 0 Å². The molecule has 2 heteroatoms. The average Bonchev–Trinajstić information content (AvgIpc) is 1.87. The van der Waals surface area contributed by atoms with E-state index in [0.717, 1.165) is 31.8 Å². The minimum Gasteiger partial charge on any atom is -0.314 e. The van der Waals surface area contributed by atoms with Crippen molar-refractivity contribution < 1.29 is 5.21 Å². The van der Waals surface area contributed by atoms with E-state index >= 15 is 0 Å². The Morgan fingerprint density at radius 2 is 1.91 bits per heavy atom. The Morgan fingerprint density at radius 3 is 2.36 bits per heavy atom. The molecular weight excluding hydrogens is 138 g/mol. The highest BCUT2D eigenvalue weighted by Gasteiger charge is 1.99. The highest BCUT2D eigenvalue weighted by Crippen LogP contribution is 2.03. The van der Waals surface area contributed by atoms with E-state index in [1.165, 1.54) is 11.5 Å². The van der Waals surface area contributed by atoms with Crippen molar-refractivity contribution in [3.05, 3.63) is 0 Å². The number of nitrogens with zero attached hydrogens (tertiary/aromatic N) is 1. The number of hydroxylamine groups is 2. The molecular formula is C9H21NO. The Labute approximate surface area is 70.2 Å². The molecule has 0 aliphatic heterocycles. The second kappa shape index (κ2) is 6.62. The van der Waals surface area contributed by atoms with E-state index in [1.807, 2.05) is 0 Å². The molecule has 0 rings (SSSR count). The Morgan fingerprint density at radius 1 is 1.27 bits per heavy atom. The minimum absolute atomic E-state index is 0.755. The molecule has 0 aromatic heterocycles. The van der Waals surface area contributed by atoms with Crippen LogP contribution in [0.3, 0.4) is 0 Å². The van der Waals surface area contributed by atoms with Gasteiger partial charge in [-0.15, -0.1) is 0 Å². The van der Waals surface area contributed by atoms with E-state index in [9.17, 15) is 5.21 Å². The third-order valence-corrected chi connectivity index (χ3v) is 1.68. The lowest BCUT2D eigenvalue weighted by Gasteiger charge is -2.13. The van der Waals surface area contributed by atoms with Crippen molar-refractivity contribution in [1.82, 2.24) is 5.06 Å². The highest BCUT2D eigenvalue weighted by atomic mass is 16.5. The summed E-state index contributed by atoms with van der Waals surface area (Å²) in [5.41, 5.74) is 0. The van der Waals surface area contributed by atoms with Gasteiger partial charge in [-0.3, -0.25) is 0 Å². The summed E-state index contributed by atoms with van der Waals surface area (Å²) in [6.07, 6.45) is 3.34. The quantitative estimate of drug-likeness (QED) is 0.602. The van der Waals surface area contributed by atoms with Crippen LogP contribution in [0.1, 0.15) is 40.0 Å². The van der Waals surface area contributed by atoms with Gasteiger partial charge in [0.15, 0.2) is 0 Å². The van der Waals surface area contributed by atoms with Crippen LogP contribution >= 0.6 is 0 Å². The Kier molecular flexibility index (Phi) is 6.57. The maximum absolute atomic E-state index is 9.20. The molecule has 0 aliphatic rings. The van der Waals surface area contributed by atoms with E-state index in [-0.39, 0.29) is 0 Å². The Hall–Kier alpha value is -0.0800. The zero-order valence-electron chi connectivity index (χ0n) is 8.01. The second-order valence-corrected chi connectivity index (χ2v) is 3.49. The molecule has 0 radical (unpaired) electrons. The summed E-state index contributed by atoms with van der Waals surface area (Å²) in [4.78, 5) is 0. The molecule has 0 unspecified atom stereocenters. The first kappa shape index (κ1) is 10.9. The van der Waals surface area contributed by atoms with Crippen molar-refractivity contribution in [3.63, 3.8) is 0 Å². The van der Waals surface area contributed by atoms with Gasteiger partial charge in [-0.05, 0) is 25.2 Å². The van der Waals surface area contributed by atoms with E-state index < -0.39 is 0 Å². The van der Waals surface area contributed by atoms with Gasteiger partial charge in [-0.2, -0.15) is 5.06 Å². The lowest BCUT2D eigenvalue weighted by molar-refractivity contribution is -0.0916. The maximum atomic E-state index is 9.20. The van der Waals surface area contributed by atoms with Crippen molar-refractivity contribution in [1.29, 1.82) is 0 Å². The van der Waals surface area contributed by atoms with E-state index in [4.69, 9.17) is 0 Å². The first-order chi connectivity index (χ1) is 5.16. The van der Waals surface area contributed by atoms with Crippen LogP contribution in [0.4, 0.5) is 0 Å². The van der Waals surface area contributed by atoms with Crippen LogP contribution in [0.2, 0.25) is 0 Å². The number of hydrogen-bond donors (Lipinski definition) is 1. The summed E-state index contributed by atoms with van der Waals surface area (Å²) >= 11 is 0. The summed E-state index contributed by atoms with van der Waals surface area (Å²) in [6, 6.07) is 0. The summed E-state index contributed by atoms with van der Waals surface area (Å²) in [5, 5.41) is 10.6. The molecule has 2 nitrogen and oxygen atoms in total. The predicted octanol–water partition coefficient (Wildman–Crippen LogP) is 2.52. The molecule has 0 heterocycles. The van der Waals surface area contributed by atoms with E-state index in [2.05, 4.69) is 20.8 Å². The van der Waals surface area contributed by atoms with Crippen LogP contribution < -0.4 is 0 Å². The normalized spacial score (nSPS) is 11.5. The van der Waals surface area contributed by atoms with Gasteiger partial charge in [-0.1, -0.05) is 20.8 Å². The van der Waals surface area contributed by atoms with Crippen molar-refractivity contribution in [2.45, 2.75) is 40.0 Å². The maximum Gasteiger partial charge on any atom is 0.0238 e. The van der Waals surface area contributed by atoms with Crippen LogP contribution in [0.15, 0.2) is 0 Å². The largest absolute Gasteiger partial charge is 0.314 e. The SMILES string of the molecule is CCCN(O)CCCC(C)C. The monoisotopic (exact) mass is 159 g/mol. The lowest BCUT2D eigenvalue weighted by atomic mass is 10.1. The lowest BCUT2D eigenvalue weighted by Crippen LogP contribution is -2.21. The molecule has 0 saturated carbocycles. The Bertz CT molecular complexity index is 83.6. The third kappa shape index (κ3) is 7.82. The molecule has 0 aliphatic carbocycles. The fourth-order valence-corrected chi connectivity index (χ4v) is 1.05. The van der Waals surface area contributed by atoms with Gasteiger partial charge in [0.2, 0.25) is 0 Å². The first-order valence-corrected chi connectivity index (χ1v) is 4.60. The summed E-state index contributed by atoms with van der Waals surface area (Å²) in [6.45, 7) is 8.12. The molecule has 0 spiro atoms. The second-order valence-electron chi connectivity index (χ2n) is 3.49. The molecule has 68 valence electrons. The molecule has 0 atom stereocenters. The summed E-state index contributed by atoms with van der Waals surface area (Å²) < 4.78 is 0. The van der Waals surface area contributed by atoms with Crippen molar-refractivity contribution in [2.75, 3.05) is 13.1 Å². The van der Waals surface area contributed by atoms with Crippen LogP contribution in [0, 0.1) is 5.92 Å². The zero-order valence-corrected chi connectivity index (χ0v) is 8.01. The van der Waals surface area contributed by atoms with Gasteiger partial charge >= 0.3 is 0 Å². The van der Waals surface area contributed by atoms with Crippen LogP contribution in [-0.2, 0) is 0 Å². The number of rotatable bonds is 6. The first-order valence-electron chi connectivity index (χ1n) is 4.60. The van der Waals surface area contributed by atoms with Crippen LogP contribution in [0.5, 0.6) is 0 Å². The van der Waals surface area contributed by atoms with E-state index in [0.29, 0.717) is 0 Å². The summed E-state index contributed by atoms with van der Waals surface area (Å²) in [7, 11) is 0. The fraction of sp³-hybridized carbons (Fsp3) is 1.00. The Balaban J connectivity index is 3.10. The molecule has 0 saturated heterocycles. The number of hydrogen-bond acceptors (Lipinski definition) is 2. The molecule has 0 fully saturated rings. The van der Waals surface area contributed by atoms with Gasteiger partial charge in [0.1, 0.15) is 0 Å². The van der Waals surface area contributed by atoms with Gasteiger partial charge < -0.3 is 5.21 Å². The van der Waals surface area contributed by atoms with Crippen LogP contribution in [-0.4, -0.2) is 23.4 Å². The van der Waals surface area contributed by atoms with Crippen molar-refractivity contribution in [2.24, 2.45) is 5.92 Å². The molecule has 0 bridgehead atoms. The molecule has 0 aromatic carbocycles. The van der Waals surface area contributed by atoms with Crippen molar-refractivity contribution in [3.8, 4) is 0 Å². The molecule has 11 heavy (non-hydrogen) atoms. The predicted molar refractivity (Wildman–Crippen MR) is 47.7 cm³/mol. The summed E-state index contributed by atoms with van der Waals surface area (Å²) in [5.74, 6) is 0.755. The highest BCUT2D eigenvalue weighted by molar-refractivity contribution is 4.48. The molecule has 1 N–H and O–H groups in total. The van der Waals surface area contributed by atoms with Gasteiger partial charge in [-0.25, -0.2) is 0 Å². The fourth-order valence-electron chi connectivity index (χ4n) is 1.05. The molecule has 0 amide bonds. The average molecular weight is 159 g/mol. The molecule has 0 aromatic rings. The smallest absolute Gasteiger partial charge is 0.0238 e. The topological polar surface area (TPSA) is 23.5 Å². The minimum atomic E-state index is 0.755. The third-order valence-electron chi connectivity index (χ3n) is 1.68. The van der Waals surface area contributed by atoms with Crippen molar-refractivity contribution >= 4 is 0 Å². The van der Waals surface area contributed by atoms with Crippen LogP contribution in [0.25, 0.3) is 0 Å². The van der Waals surface area contributed by atoms with Gasteiger partial charge in [0, 0.05) is 13.1 Å². The van der Waals surface area contributed by atoms with Gasteiger partial charge in [0.25, 0.3) is 0 Å². The zero-order chi connectivity index (χ0) is 8.69.